The van der Waals surface area contributed by atoms with Gasteiger partial charge in [-0.3, -0.25) is 14.7 Å². The summed E-state index contributed by atoms with van der Waals surface area (Å²) >= 11 is 0. The second kappa shape index (κ2) is 6.44. The average molecular weight is 307 g/mol. The summed E-state index contributed by atoms with van der Waals surface area (Å²) in [5.74, 6) is -0.968. The molecule has 0 spiro atoms. The maximum atomic E-state index is 12.2. The monoisotopic (exact) mass is 307 g/mol. The molecule has 2 rings (SSSR count). The molecule has 0 aliphatic rings. The third-order valence-electron chi connectivity index (χ3n) is 3.02. The number of carboxylic acids is 1. The molecule has 0 aromatic carbocycles. The zero-order chi connectivity index (χ0) is 16.2. The highest BCUT2D eigenvalue weighted by atomic mass is 16.5. The van der Waals surface area contributed by atoms with Crippen molar-refractivity contribution >= 4 is 11.9 Å². The van der Waals surface area contributed by atoms with Crippen LogP contribution in [0.15, 0.2) is 28.9 Å². The normalized spacial score (nSPS) is 13.5. The number of amides is 1. The Balaban J connectivity index is 2.12. The smallest absolute Gasteiger partial charge is 0.305 e. The molecule has 0 fully saturated rings. The second-order valence-electron chi connectivity index (χ2n) is 5.16. The molecule has 2 heterocycles. The first-order valence-electron chi connectivity index (χ1n) is 6.56. The van der Waals surface area contributed by atoms with Crippen molar-refractivity contribution in [3.05, 3.63) is 30.2 Å². The van der Waals surface area contributed by atoms with Gasteiger partial charge in [0.1, 0.15) is 5.69 Å². The number of methoxy groups -OCH3 is 1. The van der Waals surface area contributed by atoms with Crippen LogP contribution in [0, 0.1) is 0 Å². The molecule has 0 saturated heterocycles. The van der Waals surface area contributed by atoms with Crippen LogP contribution < -0.4 is 5.32 Å². The number of carbonyl (C=O) groups is 2. The molecule has 2 aromatic heterocycles. The summed E-state index contributed by atoms with van der Waals surface area (Å²) in [5.41, 5.74) is -0.331. The van der Waals surface area contributed by atoms with Crippen LogP contribution >= 0.6 is 0 Å². The number of aromatic nitrogens is 2. The Kier molecular flexibility index (Phi) is 4.62. The van der Waals surface area contributed by atoms with Crippen LogP contribution in [-0.4, -0.2) is 46.4 Å². The fraction of sp³-hybridized carbons (Fsp3) is 0.357. The van der Waals surface area contributed by atoms with E-state index in [4.69, 9.17) is 14.3 Å². The molecule has 1 amide bonds. The van der Waals surface area contributed by atoms with Crippen molar-refractivity contribution in [2.75, 3.05) is 13.7 Å². The molecule has 22 heavy (non-hydrogen) atoms. The number of rotatable bonds is 7. The van der Waals surface area contributed by atoms with Crippen LogP contribution in [0.5, 0.6) is 0 Å². The van der Waals surface area contributed by atoms with E-state index >= 15 is 0 Å². The lowest BCUT2D eigenvalue weighted by Gasteiger charge is -2.27. The lowest BCUT2D eigenvalue weighted by atomic mass is 9.98. The summed E-state index contributed by atoms with van der Waals surface area (Å²) in [6.45, 7) is 1.67. The number of nitrogens with one attached hydrogen (secondary N) is 2. The highest BCUT2D eigenvalue weighted by molar-refractivity contribution is 5.94. The van der Waals surface area contributed by atoms with E-state index in [2.05, 4.69) is 15.5 Å². The van der Waals surface area contributed by atoms with Crippen LogP contribution in [-0.2, 0) is 9.53 Å². The van der Waals surface area contributed by atoms with Crippen LogP contribution in [0.4, 0.5) is 0 Å². The van der Waals surface area contributed by atoms with E-state index in [1.54, 1.807) is 19.1 Å². The first-order valence-corrected chi connectivity index (χ1v) is 6.56. The highest BCUT2D eigenvalue weighted by Crippen LogP contribution is 2.18. The Bertz CT molecular complexity index is 649. The predicted molar refractivity (Wildman–Crippen MR) is 76.3 cm³/mol. The highest BCUT2D eigenvalue weighted by Gasteiger charge is 2.30. The Hall–Kier alpha value is -2.61. The molecule has 0 aliphatic carbocycles. The van der Waals surface area contributed by atoms with Gasteiger partial charge >= 0.3 is 5.97 Å². The van der Waals surface area contributed by atoms with Gasteiger partial charge in [0, 0.05) is 13.2 Å². The Morgan fingerprint density at radius 1 is 1.55 bits per heavy atom. The summed E-state index contributed by atoms with van der Waals surface area (Å²) in [5, 5.41) is 18.2. The molecular formula is C14H17N3O5. The van der Waals surface area contributed by atoms with Gasteiger partial charge in [-0.2, -0.15) is 5.10 Å². The van der Waals surface area contributed by atoms with E-state index < -0.39 is 17.4 Å². The first-order chi connectivity index (χ1) is 10.4. The number of ether oxygens (including phenoxy) is 1. The molecule has 8 heteroatoms. The van der Waals surface area contributed by atoms with Crippen molar-refractivity contribution < 1.29 is 23.8 Å². The van der Waals surface area contributed by atoms with E-state index in [1.807, 2.05) is 0 Å². The van der Waals surface area contributed by atoms with Gasteiger partial charge in [0.25, 0.3) is 5.91 Å². The SMILES string of the molecule is COCC(C)(CC(=O)O)NC(=O)c1cc(-c2ccco2)[nH]n1. The fourth-order valence-corrected chi connectivity index (χ4v) is 2.12. The van der Waals surface area contributed by atoms with Crippen molar-refractivity contribution in [3.63, 3.8) is 0 Å². The van der Waals surface area contributed by atoms with Gasteiger partial charge in [0.2, 0.25) is 0 Å². The van der Waals surface area contributed by atoms with E-state index in [0.29, 0.717) is 11.5 Å². The third kappa shape index (κ3) is 3.73. The van der Waals surface area contributed by atoms with Gasteiger partial charge < -0.3 is 19.6 Å². The number of aliphatic carboxylic acids is 1. The molecule has 1 atom stereocenters. The van der Waals surface area contributed by atoms with Crippen molar-refractivity contribution in [1.82, 2.24) is 15.5 Å². The van der Waals surface area contributed by atoms with Crippen molar-refractivity contribution in [2.24, 2.45) is 0 Å². The predicted octanol–water partition coefficient (Wildman–Crippen LogP) is 1.28. The van der Waals surface area contributed by atoms with E-state index in [9.17, 15) is 9.59 Å². The van der Waals surface area contributed by atoms with Crippen molar-refractivity contribution in [2.45, 2.75) is 18.9 Å². The number of nitrogens with zero attached hydrogens (tertiary/aromatic N) is 1. The Morgan fingerprint density at radius 3 is 2.91 bits per heavy atom. The molecule has 118 valence electrons. The molecule has 2 aromatic rings. The lowest BCUT2D eigenvalue weighted by molar-refractivity contribution is -0.139. The quantitative estimate of drug-likeness (QED) is 0.709. The van der Waals surface area contributed by atoms with Crippen LogP contribution in [0.3, 0.4) is 0 Å². The van der Waals surface area contributed by atoms with Crippen molar-refractivity contribution in [3.8, 4) is 11.5 Å². The van der Waals surface area contributed by atoms with Gasteiger partial charge in [0.15, 0.2) is 11.5 Å². The van der Waals surface area contributed by atoms with Gasteiger partial charge in [-0.1, -0.05) is 0 Å². The van der Waals surface area contributed by atoms with E-state index in [0.717, 1.165) is 0 Å². The van der Waals surface area contributed by atoms with Crippen LogP contribution in [0.2, 0.25) is 0 Å². The number of hydrogen-bond donors (Lipinski definition) is 3. The zero-order valence-electron chi connectivity index (χ0n) is 12.3. The number of furan rings is 1. The molecular weight excluding hydrogens is 290 g/mol. The number of H-pyrrole nitrogens is 1. The minimum Gasteiger partial charge on any atom is -0.481 e. The molecule has 0 saturated carbocycles. The molecule has 1 unspecified atom stereocenters. The Labute approximate surface area is 126 Å². The molecule has 0 aliphatic heterocycles. The molecule has 0 radical (unpaired) electrons. The molecule has 8 nitrogen and oxygen atoms in total. The third-order valence-corrected chi connectivity index (χ3v) is 3.02. The average Bonchev–Trinajstić information content (AvgIpc) is 3.09. The van der Waals surface area contributed by atoms with Gasteiger partial charge in [-0.15, -0.1) is 0 Å². The van der Waals surface area contributed by atoms with E-state index in [1.165, 1.54) is 19.4 Å². The molecule has 0 bridgehead atoms. The van der Waals surface area contributed by atoms with Crippen molar-refractivity contribution in [1.29, 1.82) is 0 Å². The maximum Gasteiger partial charge on any atom is 0.305 e. The van der Waals surface area contributed by atoms with Crippen LogP contribution in [0.25, 0.3) is 11.5 Å². The lowest BCUT2D eigenvalue weighted by Crippen LogP contribution is -2.50. The number of aromatic amines is 1. The largest absolute Gasteiger partial charge is 0.481 e. The standard InChI is InChI=1S/C14H17N3O5/c1-14(8-21-2,7-12(18)19)15-13(20)10-6-9(16-17-10)11-4-3-5-22-11/h3-6H,7-8H2,1-2H3,(H,15,20)(H,16,17)(H,18,19). The van der Waals surface area contributed by atoms with Gasteiger partial charge in [-0.05, 0) is 19.1 Å². The minimum atomic E-state index is -1.03. The minimum absolute atomic E-state index is 0.0699. The summed E-state index contributed by atoms with van der Waals surface area (Å²) in [7, 11) is 1.44. The second-order valence-corrected chi connectivity index (χ2v) is 5.16. The van der Waals surface area contributed by atoms with E-state index in [-0.39, 0.29) is 18.7 Å². The summed E-state index contributed by atoms with van der Waals surface area (Å²) in [6.07, 6.45) is 1.25. The van der Waals surface area contributed by atoms with Gasteiger partial charge in [0.05, 0.1) is 24.8 Å². The summed E-state index contributed by atoms with van der Waals surface area (Å²) in [4.78, 5) is 23.2. The van der Waals surface area contributed by atoms with Crippen LogP contribution in [0.1, 0.15) is 23.8 Å². The summed E-state index contributed by atoms with van der Waals surface area (Å²) in [6, 6.07) is 4.98. The number of hydrogen-bond acceptors (Lipinski definition) is 5. The summed E-state index contributed by atoms with van der Waals surface area (Å²) < 4.78 is 10.2. The zero-order valence-corrected chi connectivity index (χ0v) is 12.3. The fourth-order valence-electron chi connectivity index (χ4n) is 2.12. The number of carboxylic acid groups (broad SMARTS) is 1. The maximum absolute atomic E-state index is 12.2. The van der Waals surface area contributed by atoms with Gasteiger partial charge in [-0.25, -0.2) is 0 Å². The first kappa shape index (κ1) is 15.8. The topological polar surface area (TPSA) is 117 Å². The molecule has 3 N–H and O–H groups in total. The Morgan fingerprint density at radius 2 is 2.32 bits per heavy atom. The number of carbonyl (C=O) groups excluding carboxylic acids is 1.